The summed E-state index contributed by atoms with van der Waals surface area (Å²) >= 11 is 0. The van der Waals surface area contributed by atoms with Crippen LogP contribution in [0.15, 0.2) is 4.99 Å². The molecule has 0 aliphatic carbocycles. The quantitative estimate of drug-likeness (QED) is 0.0749. The summed E-state index contributed by atoms with van der Waals surface area (Å²) in [5.41, 5.74) is 16.1. The second kappa shape index (κ2) is 13.7. The standard InChI is InChI=1S/C17H31N7O7/c1-8(2)13(18)15(29)22-7-11(25)23-9(4-3-5-21-17(19)20)14(28)24-10(16(30)31)6-12(26)27/h8-10,13H,3-7,18H2,1-2H3,(H,22,29)(H,23,25)(H,24,28)(H,26,27)(H,30,31)(H4,19,20,21). The molecule has 14 nitrogen and oxygen atoms in total. The van der Waals surface area contributed by atoms with Gasteiger partial charge in [0.25, 0.3) is 0 Å². The first-order valence-corrected chi connectivity index (χ1v) is 9.48. The molecular formula is C17H31N7O7. The van der Waals surface area contributed by atoms with E-state index in [4.69, 9.17) is 27.4 Å². The Labute approximate surface area is 179 Å². The zero-order valence-electron chi connectivity index (χ0n) is 17.5. The van der Waals surface area contributed by atoms with E-state index in [9.17, 15) is 24.0 Å². The molecule has 31 heavy (non-hydrogen) atoms. The van der Waals surface area contributed by atoms with E-state index in [1.807, 2.05) is 0 Å². The number of nitrogens with zero attached hydrogens (tertiary/aromatic N) is 1. The van der Waals surface area contributed by atoms with Crippen LogP contribution in [0.2, 0.25) is 0 Å². The van der Waals surface area contributed by atoms with Crippen LogP contribution in [0.1, 0.15) is 33.1 Å². The molecule has 0 saturated carbocycles. The molecule has 0 aromatic rings. The number of aliphatic imine (C=N–C) groups is 1. The fraction of sp³-hybridized carbons (Fsp3) is 0.647. The number of carbonyl (C=O) groups is 5. The predicted molar refractivity (Wildman–Crippen MR) is 109 cm³/mol. The summed E-state index contributed by atoms with van der Waals surface area (Å²) in [6.07, 6.45) is -0.580. The van der Waals surface area contributed by atoms with Crippen molar-refractivity contribution >= 4 is 35.6 Å². The van der Waals surface area contributed by atoms with Crippen molar-refractivity contribution in [2.24, 2.45) is 28.1 Å². The van der Waals surface area contributed by atoms with Crippen molar-refractivity contribution in [3.05, 3.63) is 0 Å². The molecule has 0 aromatic carbocycles. The van der Waals surface area contributed by atoms with Gasteiger partial charge in [-0.3, -0.25) is 24.2 Å². The number of carbonyl (C=O) groups excluding carboxylic acids is 3. The van der Waals surface area contributed by atoms with Crippen molar-refractivity contribution in [3.8, 4) is 0 Å². The minimum atomic E-state index is -1.69. The van der Waals surface area contributed by atoms with Crippen molar-refractivity contribution in [3.63, 3.8) is 0 Å². The molecule has 0 rings (SSSR count). The van der Waals surface area contributed by atoms with Crippen LogP contribution in [0.25, 0.3) is 0 Å². The van der Waals surface area contributed by atoms with Crippen molar-refractivity contribution in [2.75, 3.05) is 13.1 Å². The summed E-state index contributed by atoms with van der Waals surface area (Å²) in [6, 6.07) is -3.72. The molecule has 0 aliphatic heterocycles. The Morgan fingerprint density at radius 1 is 0.968 bits per heavy atom. The Morgan fingerprint density at radius 2 is 1.58 bits per heavy atom. The Balaban J connectivity index is 5.09. The van der Waals surface area contributed by atoms with E-state index in [0.29, 0.717) is 0 Å². The summed E-state index contributed by atoms with van der Waals surface area (Å²) in [5.74, 6) is -5.47. The number of carboxylic acids is 2. The van der Waals surface area contributed by atoms with E-state index in [1.165, 1.54) is 0 Å². The monoisotopic (exact) mass is 445 g/mol. The lowest BCUT2D eigenvalue weighted by atomic mass is 10.1. The number of hydrogen-bond donors (Lipinski definition) is 8. The highest BCUT2D eigenvalue weighted by Crippen LogP contribution is 2.02. The molecule has 0 fully saturated rings. The lowest BCUT2D eigenvalue weighted by Gasteiger charge is -2.21. The molecule has 11 N–H and O–H groups in total. The Bertz CT molecular complexity index is 692. The van der Waals surface area contributed by atoms with Gasteiger partial charge in [0.1, 0.15) is 12.1 Å². The molecule has 3 atom stereocenters. The highest BCUT2D eigenvalue weighted by atomic mass is 16.4. The van der Waals surface area contributed by atoms with E-state index in [-0.39, 0.29) is 31.3 Å². The summed E-state index contributed by atoms with van der Waals surface area (Å²) in [4.78, 5) is 62.2. The van der Waals surface area contributed by atoms with E-state index in [0.717, 1.165) is 0 Å². The van der Waals surface area contributed by atoms with Gasteiger partial charge in [-0.2, -0.15) is 0 Å². The molecule has 0 saturated heterocycles. The van der Waals surface area contributed by atoms with E-state index < -0.39 is 60.8 Å². The number of hydrogen-bond acceptors (Lipinski definition) is 7. The van der Waals surface area contributed by atoms with Gasteiger partial charge >= 0.3 is 11.9 Å². The third-order valence-corrected chi connectivity index (χ3v) is 4.03. The Kier molecular flexibility index (Phi) is 12.2. The molecule has 3 unspecified atom stereocenters. The van der Waals surface area contributed by atoms with Crippen molar-refractivity contribution in [2.45, 2.75) is 51.2 Å². The van der Waals surface area contributed by atoms with Crippen LogP contribution >= 0.6 is 0 Å². The molecule has 0 heterocycles. The van der Waals surface area contributed by atoms with Crippen LogP contribution < -0.4 is 33.2 Å². The van der Waals surface area contributed by atoms with Gasteiger partial charge in [0.05, 0.1) is 19.0 Å². The lowest BCUT2D eigenvalue weighted by molar-refractivity contribution is -0.147. The predicted octanol–water partition coefficient (Wildman–Crippen LogP) is -3.33. The van der Waals surface area contributed by atoms with Gasteiger partial charge in [0, 0.05) is 6.54 Å². The largest absolute Gasteiger partial charge is 0.481 e. The lowest BCUT2D eigenvalue weighted by Crippen LogP contribution is -2.54. The Hall–Kier alpha value is -3.42. The number of amides is 3. The minimum Gasteiger partial charge on any atom is -0.481 e. The van der Waals surface area contributed by atoms with Crippen molar-refractivity contribution < 1.29 is 34.2 Å². The Morgan fingerprint density at radius 3 is 2.06 bits per heavy atom. The molecule has 14 heteroatoms. The zero-order chi connectivity index (χ0) is 24.1. The average molecular weight is 445 g/mol. The van der Waals surface area contributed by atoms with Gasteiger partial charge < -0.3 is 43.4 Å². The van der Waals surface area contributed by atoms with Gasteiger partial charge in [-0.25, -0.2) is 4.79 Å². The number of nitrogens with one attached hydrogen (secondary N) is 3. The number of guanidine groups is 1. The average Bonchev–Trinajstić information content (AvgIpc) is 2.66. The minimum absolute atomic E-state index is 0.0210. The first-order chi connectivity index (χ1) is 14.3. The topological polar surface area (TPSA) is 252 Å². The van der Waals surface area contributed by atoms with Gasteiger partial charge in [-0.1, -0.05) is 13.8 Å². The summed E-state index contributed by atoms with van der Waals surface area (Å²) < 4.78 is 0. The fourth-order valence-corrected chi connectivity index (χ4v) is 2.25. The second-order valence-electron chi connectivity index (χ2n) is 7.05. The molecule has 3 amide bonds. The van der Waals surface area contributed by atoms with Gasteiger partial charge in [-0.15, -0.1) is 0 Å². The molecule has 0 bridgehead atoms. The zero-order valence-corrected chi connectivity index (χ0v) is 17.5. The molecule has 0 spiro atoms. The summed E-state index contributed by atoms with van der Waals surface area (Å²) in [7, 11) is 0. The van der Waals surface area contributed by atoms with Crippen LogP contribution in [-0.2, 0) is 24.0 Å². The summed E-state index contributed by atoms with van der Waals surface area (Å²) in [5, 5.41) is 24.7. The van der Waals surface area contributed by atoms with Gasteiger partial charge in [0.15, 0.2) is 5.96 Å². The van der Waals surface area contributed by atoms with Gasteiger partial charge in [-0.05, 0) is 18.8 Å². The highest BCUT2D eigenvalue weighted by molar-refractivity contribution is 5.93. The van der Waals surface area contributed by atoms with Gasteiger partial charge in [0.2, 0.25) is 17.7 Å². The summed E-state index contributed by atoms with van der Waals surface area (Å²) in [6.45, 7) is 3.14. The van der Waals surface area contributed by atoms with Crippen LogP contribution in [0.5, 0.6) is 0 Å². The van der Waals surface area contributed by atoms with Crippen molar-refractivity contribution in [1.29, 1.82) is 0 Å². The maximum Gasteiger partial charge on any atom is 0.326 e. The maximum atomic E-state index is 12.5. The smallest absolute Gasteiger partial charge is 0.326 e. The second-order valence-corrected chi connectivity index (χ2v) is 7.05. The third kappa shape index (κ3) is 12.0. The van der Waals surface area contributed by atoms with Crippen LogP contribution in [0, 0.1) is 5.92 Å². The number of nitrogens with two attached hydrogens (primary N) is 3. The highest BCUT2D eigenvalue weighted by Gasteiger charge is 2.28. The van der Waals surface area contributed by atoms with E-state index in [2.05, 4.69) is 20.9 Å². The van der Waals surface area contributed by atoms with Crippen LogP contribution in [0.3, 0.4) is 0 Å². The SMILES string of the molecule is CC(C)C(N)C(=O)NCC(=O)NC(CCCN=C(N)N)C(=O)NC(CC(=O)O)C(=O)O. The first kappa shape index (κ1) is 27.6. The normalized spacial score (nSPS) is 13.4. The molecule has 0 radical (unpaired) electrons. The van der Waals surface area contributed by atoms with E-state index in [1.54, 1.807) is 13.8 Å². The van der Waals surface area contributed by atoms with Crippen molar-refractivity contribution in [1.82, 2.24) is 16.0 Å². The van der Waals surface area contributed by atoms with Crippen LogP contribution in [-0.4, -0.2) is 77.0 Å². The number of rotatable bonds is 14. The first-order valence-electron chi connectivity index (χ1n) is 9.48. The molecule has 176 valence electrons. The fourth-order valence-electron chi connectivity index (χ4n) is 2.25. The van der Waals surface area contributed by atoms with E-state index >= 15 is 0 Å². The molecular weight excluding hydrogens is 414 g/mol. The molecule has 0 aliphatic rings. The molecule has 0 aromatic heterocycles. The third-order valence-electron chi connectivity index (χ3n) is 4.03. The number of carboxylic acid groups (broad SMARTS) is 2. The van der Waals surface area contributed by atoms with Crippen LogP contribution in [0.4, 0.5) is 0 Å². The maximum absolute atomic E-state index is 12.5. The number of aliphatic carboxylic acids is 2.